The molecule has 1 rings (SSSR count). The van der Waals surface area contributed by atoms with Gasteiger partial charge in [-0.25, -0.2) is 14.4 Å². The van der Waals surface area contributed by atoms with Gasteiger partial charge in [0.1, 0.15) is 12.1 Å². The van der Waals surface area contributed by atoms with E-state index in [1.807, 2.05) is 0 Å². The molecule has 0 aromatic heterocycles. The van der Waals surface area contributed by atoms with Gasteiger partial charge in [0.15, 0.2) is 0 Å². The Balaban J connectivity index is 2.64. The van der Waals surface area contributed by atoms with E-state index in [9.17, 15) is 19.2 Å². The van der Waals surface area contributed by atoms with Gasteiger partial charge >= 0.3 is 17.9 Å². The predicted octanol–water partition coefficient (Wildman–Crippen LogP) is 0.978. The van der Waals surface area contributed by atoms with Crippen LogP contribution in [0.25, 0.3) is 0 Å². The van der Waals surface area contributed by atoms with Crippen LogP contribution in [0, 0.1) is 0 Å². The van der Waals surface area contributed by atoms with Crippen LogP contribution in [0.2, 0.25) is 0 Å². The first kappa shape index (κ1) is 20.7. The second kappa shape index (κ2) is 9.19. The number of rotatable bonds is 6. The van der Waals surface area contributed by atoms with Crippen LogP contribution in [0.15, 0.2) is 12.2 Å². The fraction of sp³-hybridized carbons (Fsp3) is 0.647. The third kappa shape index (κ3) is 6.94. The van der Waals surface area contributed by atoms with Gasteiger partial charge in [0.25, 0.3) is 0 Å². The van der Waals surface area contributed by atoms with Crippen molar-refractivity contribution in [2.75, 3.05) is 6.54 Å². The molecule has 8 heteroatoms. The van der Waals surface area contributed by atoms with Gasteiger partial charge in [-0.2, -0.15) is 0 Å². The van der Waals surface area contributed by atoms with E-state index in [-0.39, 0.29) is 31.1 Å². The zero-order valence-corrected chi connectivity index (χ0v) is 15.2. The first-order valence-electron chi connectivity index (χ1n) is 8.17. The van der Waals surface area contributed by atoms with Crippen molar-refractivity contribution in [1.82, 2.24) is 4.90 Å². The summed E-state index contributed by atoms with van der Waals surface area (Å²) in [5.74, 6) is -2.23. The number of carbonyl (C=O) groups is 4. The third-order valence-electron chi connectivity index (χ3n) is 3.28. The fourth-order valence-corrected chi connectivity index (χ4v) is 2.38. The molecule has 0 aromatic carbocycles. The van der Waals surface area contributed by atoms with Crippen LogP contribution in [0.3, 0.4) is 0 Å². The molecule has 0 aliphatic carbocycles. The highest BCUT2D eigenvalue weighted by molar-refractivity contribution is 5.92. The van der Waals surface area contributed by atoms with E-state index >= 15 is 0 Å². The highest BCUT2D eigenvalue weighted by atomic mass is 16.6. The molecule has 1 fully saturated rings. The molecule has 0 saturated carbocycles. The summed E-state index contributed by atoms with van der Waals surface area (Å²) in [7, 11) is 0. The van der Waals surface area contributed by atoms with Crippen molar-refractivity contribution >= 4 is 23.8 Å². The summed E-state index contributed by atoms with van der Waals surface area (Å²) in [6, 6.07) is -0.785. The molecule has 1 saturated heterocycles. The number of esters is 3. The lowest BCUT2D eigenvalue weighted by Gasteiger charge is -2.22. The zero-order chi connectivity index (χ0) is 19.1. The van der Waals surface area contributed by atoms with Crippen LogP contribution >= 0.6 is 0 Å². The number of hydrogen-bond donors (Lipinski definition) is 0. The molecule has 1 aliphatic rings. The van der Waals surface area contributed by atoms with Crippen molar-refractivity contribution in [2.24, 2.45) is 0 Å². The molecule has 0 N–H and O–H groups in total. The summed E-state index contributed by atoms with van der Waals surface area (Å²) in [4.78, 5) is 48.2. The van der Waals surface area contributed by atoms with E-state index in [0.717, 1.165) is 12.2 Å². The SMILES string of the molecule is CC(=O)N1C[C@H](OC(=O)/C=C/C(=O)OC(C)C)C[C@H]1C(=O)OC(C)C. The Morgan fingerprint density at radius 1 is 0.960 bits per heavy atom. The first-order valence-corrected chi connectivity index (χ1v) is 8.17. The van der Waals surface area contributed by atoms with Gasteiger partial charge in [-0.3, -0.25) is 4.79 Å². The Bertz CT molecular complexity index is 553. The predicted molar refractivity (Wildman–Crippen MR) is 87.3 cm³/mol. The minimum absolute atomic E-state index is 0.100. The highest BCUT2D eigenvalue weighted by Crippen LogP contribution is 2.22. The average Bonchev–Trinajstić information content (AvgIpc) is 2.88. The standard InChI is InChI=1S/C17H25NO7/c1-10(2)23-15(20)6-7-16(21)25-13-8-14(17(22)24-11(3)4)18(9-13)12(5)19/h6-7,10-11,13-14H,8-9H2,1-5H3/b7-6+/t13-,14+/m1/s1. The molecule has 1 aliphatic heterocycles. The Labute approximate surface area is 147 Å². The molecular formula is C17H25NO7. The van der Waals surface area contributed by atoms with E-state index in [4.69, 9.17) is 14.2 Å². The lowest BCUT2D eigenvalue weighted by molar-refractivity contribution is -0.156. The van der Waals surface area contributed by atoms with E-state index in [1.165, 1.54) is 11.8 Å². The second-order valence-corrected chi connectivity index (χ2v) is 6.29. The van der Waals surface area contributed by atoms with Crippen LogP contribution < -0.4 is 0 Å². The second-order valence-electron chi connectivity index (χ2n) is 6.29. The summed E-state index contributed by atoms with van der Waals surface area (Å²) >= 11 is 0. The molecule has 140 valence electrons. The highest BCUT2D eigenvalue weighted by Gasteiger charge is 2.41. The van der Waals surface area contributed by atoms with Gasteiger partial charge in [-0.05, 0) is 27.7 Å². The normalized spacial score (nSPS) is 20.2. The van der Waals surface area contributed by atoms with Gasteiger partial charge < -0.3 is 19.1 Å². The van der Waals surface area contributed by atoms with E-state index in [0.29, 0.717) is 0 Å². The van der Waals surface area contributed by atoms with Gasteiger partial charge in [0.05, 0.1) is 18.8 Å². The molecule has 1 heterocycles. The lowest BCUT2D eigenvalue weighted by atomic mass is 10.2. The maximum atomic E-state index is 12.1. The number of nitrogens with zero attached hydrogens (tertiary/aromatic N) is 1. The summed E-state index contributed by atoms with van der Waals surface area (Å²) in [6.45, 7) is 8.24. The Kier molecular flexibility index (Phi) is 7.60. The number of hydrogen-bond acceptors (Lipinski definition) is 7. The van der Waals surface area contributed by atoms with Gasteiger partial charge in [-0.15, -0.1) is 0 Å². The Hall–Kier alpha value is -2.38. The van der Waals surface area contributed by atoms with Crippen molar-refractivity contribution in [1.29, 1.82) is 0 Å². The summed E-state index contributed by atoms with van der Waals surface area (Å²) in [5, 5.41) is 0. The molecule has 0 spiro atoms. The van der Waals surface area contributed by atoms with E-state index in [2.05, 4.69) is 0 Å². The lowest BCUT2D eigenvalue weighted by Crippen LogP contribution is -2.41. The molecule has 8 nitrogen and oxygen atoms in total. The number of carbonyl (C=O) groups excluding carboxylic acids is 4. The smallest absolute Gasteiger partial charge is 0.331 e. The van der Waals surface area contributed by atoms with E-state index in [1.54, 1.807) is 27.7 Å². The van der Waals surface area contributed by atoms with Gasteiger partial charge in [0, 0.05) is 25.5 Å². The maximum absolute atomic E-state index is 12.1. The van der Waals surface area contributed by atoms with Crippen LogP contribution in [0.4, 0.5) is 0 Å². The number of ether oxygens (including phenoxy) is 3. The molecule has 1 amide bonds. The van der Waals surface area contributed by atoms with Crippen LogP contribution in [0.1, 0.15) is 41.0 Å². The Morgan fingerprint density at radius 2 is 1.52 bits per heavy atom. The third-order valence-corrected chi connectivity index (χ3v) is 3.28. The van der Waals surface area contributed by atoms with E-state index < -0.39 is 30.1 Å². The molecule has 0 unspecified atom stereocenters. The minimum Gasteiger partial charge on any atom is -0.461 e. The molecule has 0 aromatic rings. The number of likely N-dealkylation sites (tertiary alicyclic amines) is 1. The van der Waals surface area contributed by atoms with Crippen LogP contribution in [-0.2, 0) is 33.4 Å². The topological polar surface area (TPSA) is 99.2 Å². The average molecular weight is 355 g/mol. The largest absolute Gasteiger partial charge is 0.461 e. The molecule has 2 atom stereocenters. The molecule has 0 bridgehead atoms. The van der Waals surface area contributed by atoms with Crippen LogP contribution in [0.5, 0.6) is 0 Å². The quantitative estimate of drug-likeness (QED) is 0.398. The zero-order valence-electron chi connectivity index (χ0n) is 15.2. The monoisotopic (exact) mass is 355 g/mol. The van der Waals surface area contributed by atoms with Crippen molar-refractivity contribution in [3.05, 3.63) is 12.2 Å². The van der Waals surface area contributed by atoms with Crippen molar-refractivity contribution in [3.8, 4) is 0 Å². The molecule has 25 heavy (non-hydrogen) atoms. The minimum atomic E-state index is -0.785. The molecular weight excluding hydrogens is 330 g/mol. The van der Waals surface area contributed by atoms with Crippen molar-refractivity contribution < 1.29 is 33.4 Å². The fourth-order valence-electron chi connectivity index (χ4n) is 2.38. The maximum Gasteiger partial charge on any atom is 0.331 e. The first-order chi connectivity index (χ1) is 11.6. The number of amides is 1. The molecule has 0 radical (unpaired) electrons. The summed E-state index contributed by atoms with van der Waals surface area (Å²) < 4.78 is 15.2. The summed E-state index contributed by atoms with van der Waals surface area (Å²) in [5.41, 5.74) is 0. The van der Waals surface area contributed by atoms with Crippen molar-refractivity contribution in [2.45, 2.75) is 65.4 Å². The Morgan fingerprint density at radius 3 is 2.04 bits per heavy atom. The van der Waals surface area contributed by atoms with Crippen molar-refractivity contribution in [3.63, 3.8) is 0 Å². The van der Waals surface area contributed by atoms with Gasteiger partial charge in [-0.1, -0.05) is 0 Å². The van der Waals surface area contributed by atoms with Gasteiger partial charge in [0.2, 0.25) is 5.91 Å². The summed E-state index contributed by atoms with van der Waals surface area (Å²) in [6.07, 6.45) is 0.846. The van der Waals surface area contributed by atoms with Crippen LogP contribution in [-0.4, -0.2) is 59.6 Å².